The minimum Gasteiger partial charge on any atom is -0.393 e. The van der Waals surface area contributed by atoms with E-state index in [-0.39, 0.29) is 12.2 Å². The van der Waals surface area contributed by atoms with Crippen molar-refractivity contribution in [3.63, 3.8) is 0 Å². The van der Waals surface area contributed by atoms with Crippen LogP contribution in [0.15, 0.2) is 24.3 Å². The molecular weight excluding hydrogens is 200 g/mol. The van der Waals surface area contributed by atoms with Crippen LogP contribution in [0.2, 0.25) is 0 Å². The summed E-state index contributed by atoms with van der Waals surface area (Å²) in [4.78, 5) is 0. The first-order valence-electron chi connectivity index (χ1n) is 6.09. The molecule has 0 saturated heterocycles. The first-order chi connectivity index (χ1) is 7.65. The van der Waals surface area contributed by atoms with E-state index in [0.717, 1.165) is 24.0 Å². The van der Waals surface area contributed by atoms with Gasteiger partial charge in [0.2, 0.25) is 0 Å². The monoisotopic (exact) mass is 222 g/mol. The quantitative estimate of drug-likeness (QED) is 0.775. The van der Waals surface area contributed by atoms with Crippen LogP contribution >= 0.6 is 0 Å². The van der Waals surface area contributed by atoms with Gasteiger partial charge in [-0.1, -0.05) is 38.1 Å². The van der Waals surface area contributed by atoms with E-state index in [4.69, 9.17) is 0 Å². The molecule has 0 aliphatic rings. The standard InChI is InChI=1S/C14H22O2/c1-3-13(15)9-11-5-7-12(8-6-11)10-14(16)4-2/h5-8,13-16H,3-4,9-10H2,1-2H3. The van der Waals surface area contributed by atoms with Gasteiger partial charge < -0.3 is 10.2 Å². The van der Waals surface area contributed by atoms with Gasteiger partial charge in [-0.05, 0) is 36.8 Å². The third kappa shape index (κ3) is 4.33. The van der Waals surface area contributed by atoms with Gasteiger partial charge in [-0.3, -0.25) is 0 Å². The maximum Gasteiger partial charge on any atom is 0.0577 e. The molecule has 0 fully saturated rings. The Labute approximate surface area is 97.9 Å². The first kappa shape index (κ1) is 13.2. The van der Waals surface area contributed by atoms with E-state index in [1.165, 1.54) is 0 Å². The lowest BCUT2D eigenvalue weighted by Gasteiger charge is -2.10. The molecule has 90 valence electrons. The fourth-order valence-corrected chi connectivity index (χ4v) is 1.64. The molecule has 0 saturated carbocycles. The van der Waals surface area contributed by atoms with Crippen molar-refractivity contribution in [1.29, 1.82) is 0 Å². The van der Waals surface area contributed by atoms with Gasteiger partial charge >= 0.3 is 0 Å². The summed E-state index contributed by atoms with van der Waals surface area (Å²) >= 11 is 0. The first-order valence-corrected chi connectivity index (χ1v) is 6.09. The SMILES string of the molecule is CCC(O)Cc1ccc(CC(O)CC)cc1. The molecule has 0 aromatic heterocycles. The fraction of sp³-hybridized carbons (Fsp3) is 0.571. The second-order valence-corrected chi connectivity index (χ2v) is 4.35. The highest BCUT2D eigenvalue weighted by molar-refractivity contribution is 5.23. The molecule has 0 amide bonds. The highest BCUT2D eigenvalue weighted by Crippen LogP contribution is 2.11. The maximum absolute atomic E-state index is 9.52. The summed E-state index contributed by atoms with van der Waals surface area (Å²) in [6.07, 6.45) is 2.52. The number of rotatable bonds is 6. The average Bonchev–Trinajstić information content (AvgIpc) is 2.31. The van der Waals surface area contributed by atoms with Crippen molar-refractivity contribution in [2.45, 2.75) is 51.7 Å². The predicted molar refractivity (Wildman–Crippen MR) is 66.4 cm³/mol. The molecule has 2 N–H and O–H groups in total. The number of benzene rings is 1. The van der Waals surface area contributed by atoms with Crippen LogP contribution in [0.25, 0.3) is 0 Å². The zero-order chi connectivity index (χ0) is 12.0. The Kier molecular flexibility index (Phi) is 5.50. The fourth-order valence-electron chi connectivity index (χ4n) is 1.64. The van der Waals surface area contributed by atoms with Crippen LogP contribution in [0.5, 0.6) is 0 Å². The van der Waals surface area contributed by atoms with Crippen molar-refractivity contribution in [2.24, 2.45) is 0 Å². The highest BCUT2D eigenvalue weighted by Gasteiger charge is 2.05. The Hall–Kier alpha value is -0.860. The molecule has 0 aliphatic carbocycles. The lowest BCUT2D eigenvalue weighted by Crippen LogP contribution is -2.10. The molecule has 2 heteroatoms. The van der Waals surface area contributed by atoms with Crippen molar-refractivity contribution in [3.05, 3.63) is 35.4 Å². The number of aliphatic hydroxyl groups is 2. The van der Waals surface area contributed by atoms with E-state index in [2.05, 4.69) is 0 Å². The largest absolute Gasteiger partial charge is 0.393 e. The molecule has 1 rings (SSSR count). The van der Waals surface area contributed by atoms with Crippen molar-refractivity contribution in [1.82, 2.24) is 0 Å². The number of aliphatic hydroxyl groups excluding tert-OH is 2. The van der Waals surface area contributed by atoms with Gasteiger partial charge in [-0.15, -0.1) is 0 Å². The minimum absolute atomic E-state index is 0.243. The van der Waals surface area contributed by atoms with Crippen LogP contribution in [0.3, 0.4) is 0 Å². The van der Waals surface area contributed by atoms with Crippen LogP contribution in [0.4, 0.5) is 0 Å². The van der Waals surface area contributed by atoms with E-state index < -0.39 is 0 Å². The van der Waals surface area contributed by atoms with Crippen LogP contribution in [0, 0.1) is 0 Å². The van der Waals surface area contributed by atoms with Gasteiger partial charge in [-0.25, -0.2) is 0 Å². The van der Waals surface area contributed by atoms with Gasteiger partial charge in [0.15, 0.2) is 0 Å². The van der Waals surface area contributed by atoms with Crippen molar-refractivity contribution >= 4 is 0 Å². The smallest absolute Gasteiger partial charge is 0.0577 e. The minimum atomic E-state index is -0.243. The van der Waals surface area contributed by atoms with Gasteiger partial charge in [0.1, 0.15) is 0 Å². The molecule has 1 aromatic rings. The Bertz CT molecular complexity index is 261. The van der Waals surface area contributed by atoms with Gasteiger partial charge in [-0.2, -0.15) is 0 Å². The Balaban J connectivity index is 2.54. The molecule has 0 spiro atoms. The predicted octanol–water partition coefficient (Wildman–Crippen LogP) is 2.31. The van der Waals surface area contributed by atoms with Crippen LogP contribution < -0.4 is 0 Å². The van der Waals surface area contributed by atoms with Gasteiger partial charge in [0, 0.05) is 0 Å². The van der Waals surface area contributed by atoms with Crippen molar-refractivity contribution in [2.75, 3.05) is 0 Å². The highest BCUT2D eigenvalue weighted by atomic mass is 16.3. The Morgan fingerprint density at radius 3 is 1.38 bits per heavy atom. The lowest BCUT2D eigenvalue weighted by molar-refractivity contribution is 0.169. The molecule has 1 aromatic carbocycles. The Morgan fingerprint density at radius 2 is 1.12 bits per heavy atom. The van der Waals surface area contributed by atoms with Crippen LogP contribution in [-0.2, 0) is 12.8 Å². The van der Waals surface area contributed by atoms with Gasteiger partial charge in [0.25, 0.3) is 0 Å². The zero-order valence-electron chi connectivity index (χ0n) is 10.2. The third-order valence-corrected chi connectivity index (χ3v) is 2.91. The number of hydrogen-bond donors (Lipinski definition) is 2. The molecule has 0 heterocycles. The normalized spacial score (nSPS) is 14.8. The molecule has 2 unspecified atom stereocenters. The summed E-state index contributed by atoms with van der Waals surface area (Å²) in [6, 6.07) is 8.15. The molecule has 2 atom stereocenters. The topological polar surface area (TPSA) is 40.5 Å². The summed E-state index contributed by atoms with van der Waals surface area (Å²) in [6.45, 7) is 3.97. The van der Waals surface area contributed by atoms with Crippen molar-refractivity contribution in [3.8, 4) is 0 Å². The number of hydrogen-bond acceptors (Lipinski definition) is 2. The average molecular weight is 222 g/mol. The molecule has 0 aliphatic heterocycles. The van der Waals surface area contributed by atoms with Gasteiger partial charge in [0.05, 0.1) is 12.2 Å². The second kappa shape index (κ2) is 6.66. The summed E-state index contributed by atoms with van der Waals surface area (Å²) in [5, 5.41) is 19.0. The van der Waals surface area contributed by atoms with E-state index >= 15 is 0 Å². The van der Waals surface area contributed by atoms with Crippen LogP contribution in [-0.4, -0.2) is 22.4 Å². The van der Waals surface area contributed by atoms with E-state index in [9.17, 15) is 10.2 Å². The van der Waals surface area contributed by atoms with E-state index in [1.54, 1.807) is 0 Å². The van der Waals surface area contributed by atoms with Crippen LogP contribution in [0.1, 0.15) is 37.8 Å². The third-order valence-electron chi connectivity index (χ3n) is 2.91. The second-order valence-electron chi connectivity index (χ2n) is 4.35. The molecule has 2 nitrogen and oxygen atoms in total. The van der Waals surface area contributed by atoms with E-state index in [0.29, 0.717) is 12.8 Å². The zero-order valence-corrected chi connectivity index (χ0v) is 10.2. The maximum atomic E-state index is 9.52. The molecular formula is C14H22O2. The summed E-state index contributed by atoms with van der Waals surface area (Å²) in [5.41, 5.74) is 2.31. The van der Waals surface area contributed by atoms with Crippen molar-refractivity contribution < 1.29 is 10.2 Å². The molecule has 0 radical (unpaired) electrons. The molecule has 16 heavy (non-hydrogen) atoms. The molecule has 0 bridgehead atoms. The summed E-state index contributed by atoms with van der Waals surface area (Å²) in [7, 11) is 0. The van der Waals surface area contributed by atoms with E-state index in [1.807, 2.05) is 38.1 Å². The Morgan fingerprint density at radius 1 is 0.812 bits per heavy atom. The summed E-state index contributed by atoms with van der Waals surface area (Å²) in [5.74, 6) is 0. The summed E-state index contributed by atoms with van der Waals surface area (Å²) < 4.78 is 0. The lowest BCUT2D eigenvalue weighted by atomic mass is 10.0.